The molecule has 0 bridgehead atoms. The lowest BCUT2D eigenvalue weighted by Gasteiger charge is -2.33. The third-order valence-corrected chi connectivity index (χ3v) is 4.78. The summed E-state index contributed by atoms with van der Waals surface area (Å²) in [7, 11) is 1.82. The summed E-state index contributed by atoms with van der Waals surface area (Å²) in [6.07, 6.45) is 2.13. The zero-order chi connectivity index (χ0) is 18.5. The Hall–Kier alpha value is -2.82. The quantitative estimate of drug-likeness (QED) is 0.890. The van der Waals surface area contributed by atoms with Gasteiger partial charge in [-0.2, -0.15) is 0 Å². The molecule has 26 heavy (non-hydrogen) atoms. The molecule has 5 heteroatoms. The molecule has 5 nitrogen and oxygen atoms in total. The Morgan fingerprint density at radius 1 is 1.08 bits per heavy atom. The summed E-state index contributed by atoms with van der Waals surface area (Å²) in [5.41, 5.74) is 4.02. The summed E-state index contributed by atoms with van der Waals surface area (Å²) in [4.78, 5) is 27.9. The number of nitrogens with zero attached hydrogens (tertiary/aromatic N) is 2. The van der Waals surface area contributed by atoms with Gasteiger partial charge in [0.15, 0.2) is 0 Å². The van der Waals surface area contributed by atoms with Gasteiger partial charge in [-0.3, -0.25) is 9.69 Å². The van der Waals surface area contributed by atoms with Crippen molar-refractivity contribution in [1.29, 1.82) is 0 Å². The second-order valence-electron chi connectivity index (χ2n) is 6.73. The largest absolute Gasteiger partial charge is 0.327 e. The number of aryl methyl sites for hydroxylation is 2. The highest BCUT2D eigenvalue weighted by atomic mass is 16.2. The Morgan fingerprint density at radius 2 is 1.81 bits per heavy atom. The second kappa shape index (κ2) is 8.04. The molecule has 0 unspecified atom stereocenters. The second-order valence-corrected chi connectivity index (χ2v) is 6.73. The van der Waals surface area contributed by atoms with Crippen LogP contribution < -0.4 is 10.2 Å². The zero-order valence-corrected chi connectivity index (χ0v) is 15.4. The summed E-state index contributed by atoms with van der Waals surface area (Å²) < 4.78 is 0. The minimum Gasteiger partial charge on any atom is -0.327 e. The molecule has 1 aliphatic heterocycles. The lowest BCUT2D eigenvalue weighted by molar-refractivity contribution is -0.116. The summed E-state index contributed by atoms with van der Waals surface area (Å²) >= 11 is 0. The number of carbonyl (C=O) groups excluding carboxylic acids is 2. The number of hydrogen-bond donors (Lipinski definition) is 1. The van der Waals surface area contributed by atoms with Crippen molar-refractivity contribution in [3.05, 3.63) is 59.7 Å². The van der Waals surface area contributed by atoms with E-state index in [1.54, 1.807) is 9.80 Å². The maximum absolute atomic E-state index is 12.2. The molecule has 136 valence electrons. The molecule has 0 aromatic heterocycles. The van der Waals surface area contributed by atoms with Crippen LogP contribution in [-0.2, 0) is 11.2 Å². The van der Waals surface area contributed by atoms with Gasteiger partial charge in [0, 0.05) is 37.9 Å². The van der Waals surface area contributed by atoms with Gasteiger partial charge in [-0.1, -0.05) is 24.3 Å². The minimum absolute atomic E-state index is 0.00483. The Bertz CT molecular complexity index is 786. The van der Waals surface area contributed by atoms with E-state index in [1.165, 1.54) is 11.1 Å². The maximum Gasteiger partial charge on any atom is 0.324 e. The predicted molar refractivity (Wildman–Crippen MR) is 105 cm³/mol. The Morgan fingerprint density at radius 3 is 2.54 bits per heavy atom. The van der Waals surface area contributed by atoms with Crippen LogP contribution in [0.15, 0.2) is 48.5 Å². The predicted octanol–water partition coefficient (Wildman–Crippen LogP) is 3.83. The molecular formula is C21H25N3O2. The molecular weight excluding hydrogens is 326 g/mol. The van der Waals surface area contributed by atoms with Crippen LogP contribution in [0.5, 0.6) is 0 Å². The molecule has 0 aliphatic carbocycles. The molecule has 2 aromatic rings. The van der Waals surface area contributed by atoms with Crippen LogP contribution in [0.1, 0.15) is 24.0 Å². The van der Waals surface area contributed by atoms with Crippen molar-refractivity contribution in [1.82, 2.24) is 4.90 Å². The zero-order valence-electron chi connectivity index (χ0n) is 15.4. The average molecular weight is 351 g/mol. The molecule has 3 amide bonds. The van der Waals surface area contributed by atoms with E-state index in [2.05, 4.69) is 24.4 Å². The van der Waals surface area contributed by atoms with E-state index >= 15 is 0 Å². The number of nitrogens with one attached hydrogen (secondary N) is 1. The highest BCUT2D eigenvalue weighted by molar-refractivity contribution is 5.94. The molecule has 2 aromatic carbocycles. The van der Waals surface area contributed by atoms with Gasteiger partial charge in [-0.15, -0.1) is 0 Å². The van der Waals surface area contributed by atoms with Gasteiger partial charge in [-0.05, 0) is 55.2 Å². The molecule has 0 spiro atoms. The summed E-state index contributed by atoms with van der Waals surface area (Å²) in [6, 6.07) is 15.6. The van der Waals surface area contributed by atoms with Gasteiger partial charge in [0.05, 0.1) is 0 Å². The molecule has 3 rings (SSSR count). The van der Waals surface area contributed by atoms with E-state index in [-0.39, 0.29) is 11.9 Å². The van der Waals surface area contributed by atoms with Crippen molar-refractivity contribution in [3.63, 3.8) is 0 Å². The van der Waals surface area contributed by atoms with Gasteiger partial charge in [0.25, 0.3) is 0 Å². The van der Waals surface area contributed by atoms with E-state index in [0.29, 0.717) is 6.42 Å². The van der Waals surface area contributed by atoms with Crippen LogP contribution in [0.2, 0.25) is 0 Å². The van der Waals surface area contributed by atoms with E-state index in [4.69, 9.17) is 0 Å². The third kappa shape index (κ3) is 4.23. The van der Waals surface area contributed by atoms with Crippen molar-refractivity contribution < 1.29 is 9.59 Å². The van der Waals surface area contributed by atoms with E-state index in [9.17, 15) is 9.59 Å². The van der Waals surface area contributed by atoms with E-state index < -0.39 is 0 Å². The van der Waals surface area contributed by atoms with Crippen molar-refractivity contribution >= 4 is 23.3 Å². The highest BCUT2D eigenvalue weighted by Crippen LogP contribution is 2.22. The Kier molecular flexibility index (Phi) is 5.56. The fraction of sp³-hybridized carbons (Fsp3) is 0.333. The smallest absolute Gasteiger partial charge is 0.324 e. The Balaban J connectivity index is 1.56. The lowest BCUT2D eigenvalue weighted by Crippen LogP contribution is -2.47. The lowest BCUT2D eigenvalue weighted by atomic mass is 10.0. The first-order chi connectivity index (χ1) is 12.5. The van der Waals surface area contributed by atoms with Crippen LogP contribution in [0, 0.1) is 6.92 Å². The summed E-state index contributed by atoms with van der Waals surface area (Å²) in [5, 5.41) is 2.93. The molecule has 0 atom stereocenters. The van der Waals surface area contributed by atoms with Gasteiger partial charge in [0.2, 0.25) is 5.91 Å². The van der Waals surface area contributed by atoms with Gasteiger partial charge in [0.1, 0.15) is 0 Å². The Labute approximate surface area is 154 Å². The molecule has 0 saturated carbocycles. The number of carbonyl (C=O) groups is 2. The first kappa shape index (κ1) is 18.0. The van der Waals surface area contributed by atoms with Crippen LogP contribution in [0.4, 0.5) is 16.2 Å². The normalized spacial score (nSPS) is 14.5. The summed E-state index contributed by atoms with van der Waals surface area (Å²) in [5.74, 6) is -0.00483. The SMILES string of the molecule is Cc1ccccc1CCC(=O)Nc1ccc(N2CCCN(C)C2=O)cc1. The van der Waals surface area contributed by atoms with Crippen LogP contribution in [0.25, 0.3) is 0 Å². The van der Waals surface area contributed by atoms with Crippen molar-refractivity contribution in [3.8, 4) is 0 Å². The molecule has 1 aliphatic rings. The van der Waals surface area contributed by atoms with E-state index in [1.807, 2.05) is 43.4 Å². The number of benzene rings is 2. The van der Waals surface area contributed by atoms with Gasteiger partial charge in [-0.25, -0.2) is 4.79 Å². The van der Waals surface area contributed by atoms with Crippen molar-refractivity contribution in [2.24, 2.45) is 0 Å². The maximum atomic E-state index is 12.2. The first-order valence-electron chi connectivity index (χ1n) is 9.01. The number of amides is 3. The summed E-state index contributed by atoms with van der Waals surface area (Å²) in [6.45, 7) is 3.58. The van der Waals surface area contributed by atoms with Gasteiger partial charge >= 0.3 is 6.03 Å². The minimum atomic E-state index is -0.00483. The number of anilines is 2. The monoisotopic (exact) mass is 351 g/mol. The fourth-order valence-electron chi connectivity index (χ4n) is 3.19. The molecule has 1 saturated heterocycles. The molecule has 1 fully saturated rings. The number of hydrogen-bond acceptors (Lipinski definition) is 2. The van der Waals surface area contributed by atoms with Crippen molar-refractivity contribution in [2.75, 3.05) is 30.4 Å². The highest BCUT2D eigenvalue weighted by Gasteiger charge is 2.23. The number of urea groups is 1. The van der Waals surface area contributed by atoms with Crippen LogP contribution in [-0.4, -0.2) is 37.0 Å². The van der Waals surface area contributed by atoms with Crippen LogP contribution >= 0.6 is 0 Å². The third-order valence-electron chi connectivity index (χ3n) is 4.78. The van der Waals surface area contributed by atoms with E-state index in [0.717, 1.165) is 37.3 Å². The number of rotatable bonds is 5. The van der Waals surface area contributed by atoms with Crippen LogP contribution in [0.3, 0.4) is 0 Å². The van der Waals surface area contributed by atoms with Crippen molar-refractivity contribution in [2.45, 2.75) is 26.2 Å². The standard InChI is InChI=1S/C21H25N3O2/c1-16-6-3-4-7-17(16)8-13-20(25)22-18-9-11-19(12-10-18)24-15-5-14-23(2)21(24)26/h3-4,6-7,9-12H,5,8,13-15H2,1-2H3,(H,22,25). The molecule has 1 heterocycles. The molecule has 0 radical (unpaired) electrons. The fourth-order valence-corrected chi connectivity index (χ4v) is 3.19. The topological polar surface area (TPSA) is 52.7 Å². The first-order valence-corrected chi connectivity index (χ1v) is 9.01. The average Bonchev–Trinajstić information content (AvgIpc) is 2.64. The molecule has 1 N–H and O–H groups in total. The van der Waals surface area contributed by atoms with Gasteiger partial charge < -0.3 is 10.2 Å².